The van der Waals surface area contributed by atoms with Gasteiger partial charge in [-0.1, -0.05) is 0 Å². The maximum atomic E-state index is 10.1. The van der Waals surface area contributed by atoms with Gasteiger partial charge >= 0.3 is 0 Å². The van der Waals surface area contributed by atoms with E-state index in [0.29, 0.717) is 30.8 Å². The van der Waals surface area contributed by atoms with E-state index >= 15 is 0 Å². The van der Waals surface area contributed by atoms with Crippen LogP contribution in [0.25, 0.3) is 0 Å². The maximum absolute atomic E-state index is 10.1. The molecule has 0 aromatic heterocycles. The van der Waals surface area contributed by atoms with Crippen molar-refractivity contribution in [3.63, 3.8) is 0 Å². The molecule has 0 heterocycles. The van der Waals surface area contributed by atoms with Crippen molar-refractivity contribution in [3.05, 3.63) is 23.8 Å². The molecule has 0 spiro atoms. The highest BCUT2D eigenvalue weighted by Gasteiger charge is 2.13. The summed E-state index contributed by atoms with van der Waals surface area (Å²) in [5.74, 6) is 1.17. The molecule has 0 radical (unpaired) electrons. The molecule has 126 valence electrons. The van der Waals surface area contributed by atoms with E-state index in [4.69, 9.17) is 19.7 Å². The molecule has 2 unspecified atom stereocenters. The molecule has 6 nitrogen and oxygen atoms in total. The fourth-order valence-electron chi connectivity index (χ4n) is 2.05. The topological polar surface area (TPSA) is 99.4 Å². The summed E-state index contributed by atoms with van der Waals surface area (Å²) in [6.07, 6.45) is 0.329. The van der Waals surface area contributed by atoms with Crippen molar-refractivity contribution in [2.45, 2.75) is 38.4 Å². The molecule has 0 saturated carbocycles. The Morgan fingerprint density at radius 3 is 2.32 bits per heavy atom. The monoisotopic (exact) mass is 314 g/mol. The highest BCUT2D eigenvalue weighted by Crippen LogP contribution is 2.26. The van der Waals surface area contributed by atoms with Crippen molar-refractivity contribution >= 4 is 0 Å². The van der Waals surface area contributed by atoms with Gasteiger partial charge in [0.15, 0.2) is 0 Å². The van der Waals surface area contributed by atoms with Gasteiger partial charge in [0.05, 0.1) is 25.4 Å². The highest BCUT2D eigenvalue weighted by molar-refractivity contribution is 5.40. The smallest absolute Gasteiger partial charge is 0.122 e. The van der Waals surface area contributed by atoms with Crippen LogP contribution >= 0.6 is 0 Å². The van der Waals surface area contributed by atoms with Crippen LogP contribution in [0.1, 0.15) is 25.3 Å². The fraction of sp³-hybridized carbons (Fsp3) is 0.625. The van der Waals surface area contributed by atoms with Gasteiger partial charge in [-0.05, 0) is 38.0 Å². The number of rotatable bonds is 11. The van der Waals surface area contributed by atoms with Crippen LogP contribution < -0.4 is 9.47 Å². The summed E-state index contributed by atoms with van der Waals surface area (Å²) < 4.78 is 10.8. The van der Waals surface area contributed by atoms with E-state index in [1.807, 2.05) is 0 Å². The third-order valence-electron chi connectivity index (χ3n) is 3.11. The van der Waals surface area contributed by atoms with Crippen molar-refractivity contribution in [3.8, 4) is 11.5 Å². The van der Waals surface area contributed by atoms with Crippen molar-refractivity contribution in [2.24, 2.45) is 0 Å². The van der Waals surface area contributed by atoms with Crippen LogP contribution in [0.3, 0.4) is 0 Å². The van der Waals surface area contributed by atoms with E-state index in [0.717, 1.165) is 5.56 Å². The van der Waals surface area contributed by atoms with Gasteiger partial charge < -0.3 is 29.9 Å². The summed E-state index contributed by atoms with van der Waals surface area (Å²) >= 11 is 0. The fourth-order valence-corrected chi connectivity index (χ4v) is 2.05. The molecule has 0 amide bonds. The predicted molar refractivity (Wildman–Crippen MR) is 82.2 cm³/mol. The summed E-state index contributed by atoms with van der Waals surface area (Å²) in [5, 5.41) is 37.0. The Morgan fingerprint density at radius 2 is 1.68 bits per heavy atom. The number of benzene rings is 1. The number of hydrogen-bond acceptors (Lipinski definition) is 6. The Labute approximate surface area is 130 Å². The van der Waals surface area contributed by atoms with Crippen molar-refractivity contribution in [2.75, 3.05) is 26.4 Å². The van der Waals surface area contributed by atoms with Crippen LogP contribution in [0.2, 0.25) is 0 Å². The second kappa shape index (κ2) is 10.4. The number of hydrogen-bond donors (Lipinski definition) is 4. The molecule has 4 N–H and O–H groups in total. The lowest BCUT2D eigenvalue weighted by atomic mass is 10.0. The maximum Gasteiger partial charge on any atom is 0.122 e. The molecule has 1 aromatic carbocycles. The first kappa shape index (κ1) is 18.7. The second-order valence-electron chi connectivity index (χ2n) is 5.20. The van der Waals surface area contributed by atoms with Gasteiger partial charge in [0.2, 0.25) is 0 Å². The lowest BCUT2D eigenvalue weighted by Gasteiger charge is -2.16. The molecule has 1 rings (SSSR count). The molecule has 0 saturated heterocycles. The van der Waals surface area contributed by atoms with Crippen LogP contribution in [0, 0.1) is 0 Å². The van der Waals surface area contributed by atoms with Gasteiger partial charge in [-0.3, -0.25) is 0 Å². The predicted octanol–water partition coefficient (Wildman–Crippen LogP) is 0.493. The first-order chi connectivity index (χ1) is 10.6. The first-order valence-corrected chi connectivity index (χ1v) is 7.53. The quantitative estimate of drug-likeness (QED) is 0.474. The summed E-state index contributed by atoms with van der Waals surface area (Å²) in [6, 6.07) is 5.20. The Balaban J connectivity index is 2.76. The Morgan fingerprint density at radius 1 is 1.00 bits per heavy atom. The van der Waals surface area contributed by atoms with Crippen molar-refractivity contribution < 1.29 is 29.9 Å². The van der Waals surface area contributed by atoms with E-state index in [1.165, 1.54) is 0 Å². The average molecular weight is 314 g/mol. The molecule has 2 atom stereocenters. The molecule has 22 heavy (non-hydrogen) atoms. The van der Waals surface area contributed by atoms with Crippen LogP contribution in [-0.2, 0) is 6.42 Å². The molecule has 1 aromatic rings. The summed E-state index contributed by atoms with van der Waals surface area (Å²) in [5.41, 5.74) is 0.766. The summed E-state index contributed by atoms with van der Waals surface area (Å²) in [7, 11) is 0. The average Bonchev–Trinajstić information content (AvgIpc) is 2.50. The number of aliphatic hydroxyl groups excluding tert-OH is 4. The minimum atomic E-state index is -0.598. The second-order valence-corrected chi connectivity index (χ2v) is 5.20. The van der Waals surface area contributed by atoms with Gasteiger partial charge in [-0.2, -0.15) is 0 Å². The molecule has 0 fully saturated rings. The SMILES string of the molecule is CC(O)CCC(O)Cc1cc(OCCO)ccc1OCCO. The van der Waals surface area contributed by atoms with E-state index in [2.05, 4.69) is 0 Å². The normalized spacial score (nSPS) is 13.7. The van der Waals surface area contributed by atoms with Crippen LogP contribution in [0.15, 0.2) is 18.2 Å². The van der Waals surface area contributed by atoms with E-state index in [-0.39, 0.29) is 26.4 Å². The van der Waals surface area contributed by atoms with Gasteiger partial charge in [-0.25, -0.2) is 0 Å². The Hall–Kier alpha value is -1.34. The number of aliphatic hydroxyl groups is 4. The molecular weight excluding hydrogens is 288 g/mol. The third-order valence-corrected chi connectivity index (χ3v) is 3.11. The lowest BCUT2D eigenvalue weighted by Crippen LogP contribution is -2.15. The first-order valence-electron chi connectivity index (χ1n) is 7.53. The lowest BCUT2D eigenvalue weighted by molar-refractivity contribution is 0.121. The zero-order valence-electron chi connectivity index (χ0n) is 12.9. The van der Waals surface area contributed by atoms with Gasteiger partial charge in [0, 0.05) is 12.0 Å². The van der Waals surface area contributed by atoms with Crippen LogP contribution in [0.5, 0.6) is 11.5 Å². The molecular formula is C16H26O6. The molecule has 0 aliphatic rings. The molecule has 0 aliphatic heterocycles. The Kier molecular flexibility index (Phi) is 8.84. The zero-order chi connectivity index (χ0) is 16.4. The Bertz CT molecular complexity index is 421. The van der Waals surface area contributed by atoms with E-state index < -0.39 is 12.2 Å². The minimum Gasteiger partial charge on any atom is -0.491 e. The number of ether oxygens (including phenoxy) is 2. The third kappa shape index (κ3) is 7.09. The van der Waals surface area contributed by atoms with Gasteiger partial charge in [0.25, 0.3) is 0 Å². The molecule has 0 aliphatic carbocycles. The van der Waals surface area contributed by atoms with Gasteiger partial charge in [-0.15, -0.1) is 0 Å². The van der Waals surface area contributed by atoms with E-state index in [9.17, 15) is 10.2 Å². The standard InChI is InChI=1S/C16H26O6/c1-12(19)2-3-14(20)10-13-11-15(21-8-6-17)4-5-16(13)22-9-7-18/h4-5,11-12,14,17-20H,2-3,6-10H2,1H3. The zero-order valence-corrected chi connectivity index (χ0v) is 12.9. The van der Waals surface area contributed by atoms with Gasteiger partial charge in [0.1, 0.15) is 24.7 Å². The summed E-state index contributed by atoms with van der Waals surface area (Å²) in [6.45, 7) is 1.89. The van der Waals surface area contributed by atoms with Crippen molar-refractivity contribution in [1.82, 2.24) is 0 Å². The van der Waals surface area contributed by atoms with Crippen molar-refractivity contribution in [1.29, 1.82) is 0 Å². The largest absolute Gasteiger partial charge is 0.491 e. The minimum absolute atomic E-state index is 0.0743. The highest BCUT2D eigenvalue weighted by atomic mass is 16.5. The molecule has 6 heteroatoms. The van der Waals surface area contributed by atoms with Crippen LogP contribution in [0.4, 0.5) is 0 Å². The summed E-state index contributed by atoms with van der Waals surface area (Å²) in [4.78, 5) is 0. The van der Waals surface area contributed by atoms with Crippen LogP contribution in [-0.4, -0.2) is 59.1 Å². The molecule has 0 bridgehead atoms. The van der Waals surface area contributed by atoms with E-state index in [1.54, 1.807) is 25.1 Å².